The van der Waals surface area contributed by atoms with Gasteiger partial charge in [-0.1, -0.05) is 0 Å². The fourth-order valence-corrected chi connectivity index (χ4v) is 1.66. The van der Waals surface area contributed by atoms with Crippen molar-refractivity contribution in [1.82, 2.24) is 9.78 Å². The molecule has 1 aromatic heterocycles. The van der Waals surface area contributed by atoms with Crippen molar-refractivity contribution in [1.29, 1.82) is 0 Å². The highest BCUT2D eigenvalue weighted by Crippen LogP contribution is 2.08. The van der Waals surface area contributed by atoms with Crippen molar-refractivity contribution in [2.45, 2.75) is 5.88 Å². The Morgan fingerprint density at radius 2 is 2.55 bits per heavy atom. The van der Waals surface area contributed by atoms with Crippen LogP contribution in [-0.4, -0.2) is 23.1 Å². The van der Waals surface area contributed by atoms with E-state index in [0.29, 0.717) is 11.1 Å². The van der Waals surface area contributed by atoms with Crippen LogP contribution < -0.4 is 9.61 Å². The molecule has 0 bridgehead atoms. The Kier molecular flexibility index (Phi) is 2.95. The van der Waals surface area contributed by atoms with Gasteiger partial charge in [0.1, 0.15) is 0 Å². The maximum absolute atomic E-state index is 11.0. The van der Waals surface area contributed by atoms with Gasteiger partial charge < -0.3 is 4.74 Å². The predicted molar refractivity (Wildman–Crippen MR) is 46.4 cm³/mol. The van der Waals surface area contributed by atoms with Gasteiger partial charge in [0.25, 0.3) is 5.19 Å². The van der Waals surface area contributed by atoms with Gasteiger partial charge >= 0.3 is 4.87 Å². The van der Waals surface area contributed by atoms with Crippen molar-refractivity contribution in [3.8, 4) is 5.19 Å². The average Bonchev–Trinajstić information content (AvgIpc) is 2.33. The summed E-state index contributed by atoms with van der Waals surface area (Å²) in [6, 6.07) is 0. The van der Waals surface area contributed by atoms with Crippen molar-refractivity contribution >= 4 is 23.1 Å². The van der Waals surface area contributed by atoms with E-state index in [4.69, 9.17) is 4.74 Å². The minimum Gasteiger partial charge on any atom is -0.472 e. The zero-order valence-electron chi connectivity index (χ0n) is 6.23. The standard InChI is InChI=1S/C5H8N2O2S2/c1-9-4-6-7(3-10-2)5(8)11-4/h3H2,1-2H3. The largest absolute Gasteiger partial charge is 0.472 e. The molecule has 0 aliphatic carbocycles. The minimum atomic E-state index is -0.0730. The van der Waals surface area contributed by atoms with Crippen LogP contribution in [0.3, 0.4) is 0 Å². The summed E-state index contributed by atoms with van der Waals surface area (Å²) in [5.41, 5.74) is 0. The molecule has 0 N–H and O–H groups in total. The number of thioether (sulfide) groups is 1. The lowest BCUT2D eigenvalue weighted by Crippen LogP contribution is -2.12. The molecule has 0 fully saturated rings. The number of nitrogens with zero attached hydrogens (tertiary/aromatic N) is 2. The zero-order valence-corrected chi connectivity index (χ0v) is 7.87. The van der Waals surface area contributed by atoms with Crippen molar-refractivity contribution in [2.75, 3.05) is 13.4 Å². The molecule has 0 atom stereocenters. The summed E-state index contributed by atoms with van der Waals surface area (Å²) in [7, 11) is 1.50. The van der Waals surface area contributed by atoms with E-state index in [9.17, 15) is 4.79 Å². The third-order valence-corrected chi connectivity index (χ3v) is 2.32. The first-order valence-corrected chi connectivity index (χ1v) is 5.10. The highest BCUT2D eigenvalue weighted by molar-refractivity contribution is 7.97. The van der Waals surface area contributed by atoms with Crippen molar-refractivity contribution < 1.29 is 4.74 Å². The smallest absolute Gasteiger partial charge is 0.329 e. The van der Waals surface area contributed by atoms with Crippen LogP contribution in [0.5, 0.6) is 5.19 Å². The molecule has 0 saturated heterocycles. The molecular weight excluding hydrogens is 184 g/mol. The Balaban J connectivity index is 2.88. The minimum absolute atomic E-state index is 0.0730. The molecule has 0 unspecified atom stereocenters. The second-order valence-corrected chi connectivity index (χ2v) is 3.49. The topological polar surface area (TPSA) is 44.1 Å². The monoisotopic (exact) mass is 192 g/mol. The molecule has 0 aliphatic heterocycles. The van der Waals surface area contributed by atoms with E-state index in [-0.39, 0.29) is 4.87 Å². The highest BCUT2D eigenvalue weighted by atomic mass is 32.2. The third-order valence-electron chi connectivity index (χ3n) is 1.01. The number of methoxy groups -OCH3 is 1. The van der Waals surface area contributed by atoms with E-state index in [0.717, 1.165) is 11.3 Å². The van der Waals surface area contributed by atoms with Crippen LogP contribution in [0.4, 0.5) is 0 Å². The van der Waals surface area contributed by atoms with Gasteiger partial charge in [0.05, 0.1) is 13.0 Å². The Morgan fingerprint density at radius 1 is 1.82 bits per heavy atom. The summed E-state index contributed by atoms with van der Waals surface area (Å²) in [4.78, 5) is 10.9. The number of ether oxygens (including phenoxy) is 1. The SMILES string of the molecule is COc1nn(CSC)c(=O)s1. The highest BCUT2D eigenvalue weighted by Gasteiger charge is 2.03. The molecule has 4 nitrogen and oxygen atoms in total. The number of hydrogen-bond acceptors (Lipinski definition) is 5. The molecule has 1 heterocycles. The normalized spacial score (nSPS) is 10.0. The van der Waals surface area contributed by atoms with E-state index in [1.807, 2.05) is 6.26 Å². The molecule has 0 aromatic carbocycles. The molecule has 1 aromatic rings. The summed E-state index contributed by atoms with van der Waals surface area (Å²) in [5.74, 6) is 0.582. The van der Waals surface area contributed by atoms with Crippen LogP contribution in [0.15, 0.2) is 4.79 Å². The molecule has 0 radical (unpaired) electrons. The number of rotatable bonds is 3. The third kappa shape index (κ3) is 1.97. The molecule has 0 amide bonds. The molecular formula is C5H8N2O2S2. The first-order chi connectivity index (χ1) is 5.27. The lowest BCUT2D eigenvalue weighted by atomic mass is 11.2. The van der Waals surface area contributed by atoms with Gasteiger partial charge in [0, 0.05) is 0 Å². The number of aromatic nitrogens is 2. The van der Waals surface area contributed by atoms with Crippen LogP contribution in [0.2, 0.25) is 0 Å². The van der Waals surface area contributed by atoms with Crippen molar-refractivity contribution in [2.24, 2.45) is 0 Å². The lowest BCUT2D eigenvalue weighted by Gasteiger charge is -1.92. The second kappa shape index (κ2) is 3.77. The van der Waals surface area contributed by atoms with Gasteiger partial charge in [0.2, 0.25) is 0 Å². The molecule has 62 valence electrons. The van der Waals surface area contributed by atoms with Crippen molar-refractivity contribution in [3.63, 3.8) is 0 Å². The summed E-state index contributed by atoms with van der Waals surface area (Å²) < 4.78 is 6.18. The fourth-order valence-electron chi connectivity index (χ4n) is 0.574. The zero-order chi connectivity index (χ0) is 8.27. The first-order valence-electron chi connectivity index (χ1n) is 2.89. The fraction of sp³-hybridized carbons (Fsp3) is 0.600. The summed E-state index contributed by atoms with van der Waals surface area (Å²) in [6.07, 6.45) is 1.91. The second-order valence-electron chi connectivity index (χ2n) is 1.76. The molecule has 0 saturated carbocycles. The van der Waals surface area contributed by atoms with Gasteiger partial charge in [-0.05, 0) is 17.6 Å². The quantitative estimate of drug-likeness (QED) is 0.704. The molecule has 0 spiro atoms. The van der Waals surface area contributed by atoms with Gasteiger partial charge in [0.15, 0.2) is 0 Å². The Hall–Kier alpha value is -0.490. The summed E-state index contributed by atoms with van der Waals surface area (Å²) >= 11 is 2.56. The van der Waals surface area contributed by atoms with Gasteiger partial charge in [-0.25, -0.2) is 4.68 Å². The van der Waals surface area contributed by atoms with Gasteiger partial charge in [-0.15, -0.1) is 16.9 Å². The van der Waals surface area contributed by atoms with E-state index in [1.54, 1.807) is 11.8 Å². The number of hydrogen-bond donors (Lipinski definition) is 0. The van der Waals surface area contributed by atoms with Gasteiger partial charge in [-0.3, -0.25) is 4.79 Å². The molecule has 6 heteroatoms. The summed E-state index contributed by atoms with van der Waals surface area (Å²) in [6.45, 7) is 0. The van der Waals surface area contributed by atoms with E-state index in [1.165, 1.54) is 11.8 Å². The van der Waals surface area contributed by atoms with Crippen molar-refractivity contribution in [3.05, 3.63) is 9.67 Å². The summed E-state index contributed by atoms with van der Waals surface area (Å²) in [5, 5.41) is 4.32. The van der Waals surface area contributed by atoms with Crippen LogP contribution in [0.1, 0.15) is 0 Å². The van der Waals surface area contributed by atoms with Crippen LogP contribution in [0.25, 0.3) is 0 Å². The maximum atomic E-state index is 11.0. The van der Waals surface area contributed by atoms with Gasteiger partial charge in [-0.2, -0.15) is 0 Å². The Labute approximate surface area is 72.2 Å². The molecule has 1 rings (SSSR count). The van der Waals surface area contributed by atoms with E-state index < -0.39 is 0 Å². The van der Waals surface area contributed by atoms with Crippen LogP contribution in [0, 0.1) is 0 Å². The lowest BCUT2D eigenvalue weighted by molar-refractivity contribution is 0.400. The maximum Gasteiger partial charge on any atom is 0.329 e. The molecule has 0 aliphatic rings. The Morgan fingerprint density at radius 3 is 3.00 bits per heavy atom. The predicted octanol–water partition coefficient (Wildman–Crippen LogP) is 0.634. The molecule has 11 heavy (non-hydrogen) atoms. The van der Waals surface area contributed by atoms with Crippen LogP contribution in [-0.2, 0) is 5.88 Å². The van der Waals surface area contributed by atoms with Crippen LogP contribution >= 0.6 is 23.1 Å². The average molecular weight is 192 g/mol. The van der Waals surface area contributed by atoms with E-state index in [2.05, 4.69) is 5.10 Å². The first kappa shape index (κ1) is 8.61. The Bertz CT molecular complexity index is 280. The van der Waals surface area contributed by atoms with E-state index >= 15 is 0 Å².